The van der Waals surface area contributed by atoms with Crippen LogP contribution in [-0.4, -0.2) is 183 Å². The number of amides is 1. The van der Waals surface area contributed by atoms with Crippen LogP contribution in [0.2, 0.25) is 0 Å². The van der Waals surface area contributed by atoms with Gasteiger partial charge in [0.25, 0.3) is 0 Å². The molecule has 1 aliphatic rings. The maximum absolute atomic E-state index is 12.6. The molecule has 1 amide bonds. The van der Waals surface area contributed by atoms with Crippen molar-refractivity contribution in [2.24, 2.45) is 0 Å². The fourth-order valence-corrected chi connectivity index (χ4v) is 4.03. The number of ether oxygens (including phenoxy) is 3. The molecule has 16 heteroatoms. The first-order valence-electron chi connectivity index (χ1n) is 13.7. The summed E-state index contributed by atoms with van der Waals surface area (Å²) in [4.78, 5) is 53.6. The second-order valence-corrected chi connectivity index (χ2v) is 9.41. The first-order valence-corrected chi connectivity index (χ1v) is 13.7. The van der Waals surface area contributed by atoms with Crippen molar-refractivity contribution in [1.29, 1.82) is 0 Å². The predicted molar refractivity (Wildman–Crippen MR) is 144 cm³/mol. The Hall–Kier alpha value is -1.08. The zero-order valence-corrected chi connectivity index (χ0v) is 26.3. The molecule has 41 heavy (non-hydrogen) atoms. The van der Waals surface area contributed by atoms with E-state index in [1.165, 1.54) is 0 Å². The third-order valence-electron chi connectivity index (χ3n) is 6.11. The Balaban J connectivity index is 0.0000160. The third-order valence-corrected chi connectivity index (χ3v) is 6.11. The molecule has 1 saturated heterocycles. The van der Waals surface area contributed by atoms with Gasteiger partial charge in [-0.25, -0.2) is 0 Å². The molecule has 1 rings (SSSR count). The van der Waals surface area contributed by atoms with Crippen molar-refractivity contribution in [2.45, 2.75) is 13.3 Å². The molecule has 0 unspecified atom stereocenters. The largest absolute Gasteiger partial charge is 0.480 e. The molecule has 0 aromatic rings. The Morgan fingerprint density at radius 1 is 0.585 bits per heavy atom. The van der Waals surface area contributed by atoms with E-state index in [0.29, 0.717) is 105 Å². The van der Waals surface area contributed by atoms with E-state index in [9.17, 15) is 34.5 Å². The van der Waals surface area contributed by atoms with Crippen LogP contribution in [0.1, 0.15) is 13.3 Å². The molecule has 1 heterocycles. The van der Waals surface area contributed by atoms with E-state index in [1.54, 1.807) is 14.7 Å². The van der Waals surface area contributed by atoms with Crippen LogP contribution in [0.3, 0.4) is 0 Å². The Morgan fingerprint density at radius 3 is 1.29 bits per heavy atom. The summed E-state index contributed by atoms with van der Waals surface area (Å²) in [6.45, 7) is 7.78. The molecular formula is C25H47GdN5O10. The number of carbonyl (C=O) groups is 4. The number of carbonyl (C=O) groups excluding carboxylic acids is 1. The average molecular weight is 735 g/mol. The molecule has 0 saturated carbocycles. The zero-order chi connectivity index (χ0) is 29.6. The first-order chi connectivity index (χ1) is 19.2. The van der Waals surface area contributed by atoms with Gasteiger partial charge in [0.2, 0.25) is 5.91 Å². The van der Waals surface area contributed by atoms with E-state index in [2.05, 4.69) is 5.32 Å². The summed E-state index contributed by atoms with van der Waals surface area (Å²) in [5.74, 6) is -3.18. The molecule has 0 atom stereocenters. The summed E-state index contributed by atoms with van der Waals surface area (Å²) in [5.41, 5.74) is 0. The van der Waals surface area contributed by atoms with E-state index < -0.39 is 17.9 Å². The van der Waals surface area contributed by atoms with Crippen molar-refractivity contribution >= 4 is 23.8 Å². The molecule has 1 aliphatic heterocycles. The standard InChI is InChI=1S/C25H47N5O10.Gd/c1-2-38-14-15-40-17-16-39-13-3-4-26-22(31)18-27-5-7-28(19-23(32)33)9-11-30(21-25(36)37)12-10-29(8-6-27)20-24(34)35;/h2-21H2,1H3,(H,26,31)(H,32,33)(H,34,35)(H,36,37);. The van der Waals surface area contributed by atoms with Crippen LogP contribution in [-0.2, 0) is 33.4 Å². The number of nitrogens with one attached hydrogen (secondary N) is 1. The van der Waals surface area contributed by atoms with E-state index in [0.717, 1.165) is 0 Å². The minimum atomic E-state index is -1.01. The Labute approximate surface area is 274 Å². The Bertz CT molecular complexity index is 720. The number of hydrogen-bond donors (Lipinski definition) is 4. The molecule has 0 bridgehead atoms. The van der Waals surface area contributed by atoms with E-state index in [1.807, 2.05) is 11.8 Å². The molecule has 0 aromatic heterocycles. The topological polar surface area (TPSA) is 182 Å². The monoisotopic (exact) mass is 735 g/mol. The summed E-state index contributed by atoms with van der Waals surface area (Å²) >= 11 is 0. The van der Waals surface area contributed by atoms with Gasteiger partial charge >= 0.3 is 17.9 Å². The number of rotatable bonds is 19. The van der Waals surface area contributed by atoms with Crippen molar-refractivity contribution in [2.75, 3.05) is 125 Å². The zero-order valence-electron chi connectivity index (χ0n) is 24.0. The van der Waals surface area contributed by atoms with Crippen molar-refractivity contribution in [3.8, 4) is 0 Å². The van der Waals surface area contributed by atoms with Gasteiger partial charge in [0.1, 0.15) is 0 Å². The molecule has 240 valence electrons. The number of hydrogen-bond acceptors (Lipinski definition) is 11. The molecule has 15 nitrogen and oxygen atoms in total. The van der Waals surface area contributed by atoms with Crippen molar-refractivity contribution in [3.63, 3.8) is 0 Å². The fourth-order valence-electron chi connectivity index (χ4n) is 4.03. The van der Waals surface area contributed by atoms with Gasteiger partial charge in [-0.15, -0.1) is 0 Å². The molecule has 4 N–H and O–H groups in total. The van der Waals surface area contributed by atoms with Crippen LogP contribution < -0.4 is 5.32 Å². The van der Waals surface area contributed by atoms with E-state index in [-0.39, 0.29) is 72.0 Å². The van der Waals surface area contributed by atoms with Gasteiger partial charge in [0, 0.05) is 112 Å². The number of aliphatic carboxylic acids is 3. The maximum atomic E-state index is 12.6. The molecular weight excluding hydrogens is 688 g/mol. The summed E-state index contributed by atoms with van der Waals surface area (Å²) in [5, 5.41) is 30.7. The molecule has 0 radical (unpaired) electrons. The predicted octanol–water partition coefficient (Wildman–Crippen LogP) is -1.96. The van der Waals surface area contributed by atoms with Crippen LogP contribution in [0.25, 0.3) is 0 Å². The smallest absolute Gasteiger partial charge is 0.317 e. The van der Waals surface area contributed by atoms with Gasteiger partial charge in [-0.1, -0.05) is 0 Å². The van der Waals surface area contributed by atoms with Gasteiger partial charge in [0.15, 0.2) is 0 Å². The minimum absolute atomic E-state index is 0. The second-order valence-electron chi connectivity index (χ2n) is 9.41. The molecule has 0 spiro atoms. The fraction of sp³-hybridized carbons (Fsp3) is 0.840. The van der Waals surface area contributed by atoms with Crippen LogP contribution in [0.15, 0.2) is 0 Å². The SMILES string of the molecule is CCOCCOCCOCCCNC(=O)CN1CCN(CC(=O)O)CCN(CC(=O)O)CCN(CC(=O)O)CC1.[Gd]. The quantitative estimate of drug-likeness (QED) is 0.107. The van der Waals surface area contributed by atoms with Crippen molar-refractivity contribution < 1.29 is 88.6 Å². The van der Waals surface area contributed by atoms with Crippen LogP contribution in [0.5, 0.6) is 0 Å². The Kier molecular flexibility index (Phi) is 24.8. The van der Waals surface area contributed by atoms with E-state index in [4.69, 9.17) is 14.2 Å². The van der Waals surface area contributed by atoms with Gasteiger partial charge in [-0.3, -0.25) is 38.8 Å². The summed E-state index contributed by atoms with van der Waals surface area (Å²) in [7, 11) is 0. The van der Waals surface area contributed by atoms with Crippen LogP contribution in [0.4, 0.5) is 0 Å². The van der Waals surface area contributed by atoms with Gasteiger partial charge < -0.3 is 34.8 Å². The number of nitrogens with zero attached hydrogens (tertiary/aromatic N) is 4. The van der Waals surface area contributed by atoms with Gasteiger partial charge in [-0.05, 0) is 13.3 Å². The van der Waals surface area contributed by atoms with Crippen LogP contribution in [0, 0.1) is 39.9 Å². The maximum Gasteiger partial charge on any atom is 0.317 e. The van der Waals surface area contributed by atoms with Crippen molar-refractivity contribution in [3.05, 3.63) is 0 Å². The second kappa shape index (κ2) is 25.4. The minimum Gasteiger partial charge on any atom is -0.480 e. The molecule has 0 aromatic carbocycles. The average Bonchev–Trinajstić information content (AvgIpc) is 2.88. The third kappa shape index (κ3) is 23.1. The van der Waals surface area contributed by atoms with Gasteiger partial charge in [-0.2, -0.15) is 0 Å². The summed E-state index contributed by atoms with van der Waals surface area (Å²) in [6, 6.07) is 0. The summed E-state index contributed by atoms with van der Waals surface area (Å²) in [6.07, 6.45) is 0.635. The van der Waals surface area contributed by atoms with Gasteiger partial charge in [0.05, 0.1) is 52.6 Å². The molecule has 1 fully saturated rings. The normalized spacial score (nSPS) is 16.7. The Morgan fingerprint density at radius 2 is 0.927 bits per heavy atom. The van der Waals surface area contributed by atoms with E-state index >= 15 is 0 Å². The van der Waals surface area contributed by atoms with Crippen molar-refractivity contribution in [1.82, 2.24) is 24.9 Å². The number of carboxylic acid groups (broad SMARTS) is 3. The number of carboxylic acids is 3. The summed E-state index contributed by atoms with van der Waals surface area (Å²) < 4.78 is 16.0. The van der Waals surface area contributed by atoms with Crippen LogP contribution >= 0.6 is 0 Å². The molecule has 0 aliphatic carbocycles. The first kappa shape index (κ1) is 39.9.